The van der Waals surface area contributed by atoms with Gasteiger partial charge in [0.1, 0.15) is 11.9 Å². The topological polar surface area (TPSA) is 119 Å². The normalized spacial score (nSPS) is 32.5. The summed E-state index contributed by atoms with van der Waals surface area (Å²) in [6.07, 6.45) is 5.75. The standard InChI is InChI=1S/C30H50N4O5/c1-8-9-10-11-14-20(4)27(37)26-24(36)16-12-15-23(35)25(19(2)3)32-29-28(38)22(6)34(29)30(39)21(5)31-17-13-18-33(26)7/h8-11,19-22,25-27,29,31-32,37H,12-18H2,1-7H3/t20-,21-,22-,25+,26-,27-,29?/m1/s1/i1D3. The van der Waals surface area contributed by atoms with Crippen LogP contribution in [0.3, 0.4) is 0 Å². The molecule has 2 fully saturated rings. The number of amides is 1. The van der Waals surface area contributed by atoms with E-state index in [0.29, 0.717) is 32.4 Å². The number of allylic oxidation sites excluding steroid dienone is 4. The summed E-state index contributed by atoms with van der Waals surface area (Å²) in [4.78, 5) is 56.0. The summed E-state index contributed by atoms with van der Waals surface area (Å²) in [5, 5.41) is 17.6. The number of hydrogen-bond donors (Lipinski definition) is 3. The third-order valence-corrected chi connectivity index (χ3v) is 7.90. The van der Waals surface area contributed by atoms with Gasteiger partial charge in [0.25, 0.3) is 0 Å². The Balaban J connectivity index is 2.21. The van der Waals surface area contributed by atoms with Gasteiger partial charge in [-0.15, -0.1) is 0 Å². The number of nitrogens with zero attached hydrogens (tertiary/aromatic N) is 2. The second kappa shape index (κ2) is 15.6. The van der Waals surface area contributed by atoms with Crippen molar-refractivity contribution in [2.24, 2.45) is 11.8 Å². The Labute approximate surface area is 238 Å². The molecule has 2 heterocycles. The first-order valence-electron chi connectivity index (χ1n) is 15.7. The maximum absolute atomic E-state index is 13.5. The molecule has 220 valence electrons. The number of nitrogens with one attached hydrogen (secondary N) is 2. The number of Topliss-reactive ketones (excluding diaryl/α,β-unsaturated/α-hetero) is 3. The fraction of sp³-hybridized carbons (Fsp3) is 0.733. The predicted octanol–water partition coefficient (Wildman–Crippen LogP) is 2.24. The number of hydrogen-bond acceptors (Lipinski definition) is 8. The number of aliphatic hydroxyl groups is 1. The molecule has 0 spiro atoms. The minimum absolute atomic E-state index is 0.117. The van der Waals surface area contributed by atoms with Crippen molar-refractivity contribution in [3.8, 4) is 0 Å². The van der Waals surface area contributed by atoms with Gasteiger partial charge in [0.05, 0.1) is 30.3 Å². The Morgan fingerprint density at radius 3 is 2.44 bits per heavy atom. The Morgan fingerprint density at radius 2 is 1.77 bits per heavy atom. The van der Waals surface area contributed by atoms with Crippen LogP contribution in [0.4, 0.5) is 0 Å². The van der Waals surface area contributed by atoms with Crippen LogP contribution in [0, 0.1) is 11.8 Å². The Bertz CT molecular complexity index is 1020. The molecule has 2 saturated heterocycles. The molecule has 3 N–H and O–H groups in total. The van der Waals surface area contributed by atoms with Crippen molar-refractivity contribution in [2.45, 2.75) is 110 Å². The van der Waals surface area contributed by atoms with Crippen molar-refractivity contribution in [1.82, 2.24) is 20.4 Å². The first kappa shape index (κ1) is 28.3. The first-order chi connectivity index (χ1) is 19.6. The molecule has 2 aliphatic rings. The lowest BCUT2D eigenvalue weighted by Crippen LogP contribution is -2.74. The molecule has 1 amide bonds. The van der Waals surface area contributed by atoms with Gasteiger partial charge in [-0.1, -0.05) is 45.1 Å². The van der Waals surface area contributed by atoms with Crippen LogP contribution < -0.4 is 10.6 Å². The maximum Gasteiger partial charge on any atom is 0.241 e. The predicted molar refractivity (Wildman–Crippen MR) is 153 cm³/mol. The Morgan fingerprint density at radius 1 is 1.08 bits per heavy atom. The van der Waals surface area contributed by atoms with Gasteiger partial charge in [-0.2, -0.15) is 0 Å². The molecule has 0 aromatic rings. The molecular formula is C30H50N4O5. The molecule has 0 aromatic carbocycles. The molecule has 9 nitrogen and oxygen atoms in total. The average molecular weight is 550 g/mol. The zero-order valence-electron chi connectivity index (χ0n) is 27.4. The van der Waals surface area contributed by atoms with Crippen molar-refractivity contribution in [2.75, 3.05) is 20.1 Å². The van der Waals surface area contributed by atoms with Crippen LogP contribution in [0.15, 0.2) is 24.3 Å². The van der Waals surface area contributed by atoms with Gasteiger partial charge < -0.3 is 15.3 Å². The summed E-state index contributed by atoms with van der Waals surface area (Å²) >= 11 is 0. The van der Waals surface area contributed by atoms with E-state index in [1.807, 2.05) is 25.7 Å². The van der Waals surface area contributed by atoms with E-state index < -0.39 is 43.3 Å². The van der Waals surface area contributed by atoms with Crippen LogP contribution in [0.2, 0.25) is 0 Å². The van der Waals surface area contributed by atoms with Crippen LogP contribution in [0.25, 0.3) is 0 Å². The Kier molecular flexibility index (Phi) is 11.3. The van der Waals surface area contributed by atoms with Crippen LogP contribution in [-0.4, -0.2) is 94.7 Å². The third-order valence-electron chi connectivity index (χ3n) is 7.90. The SMILES string of the molecule is [2H]C([2H])([2H])C=CC=CC[C@@H](C)[C@@H](O)[C@H]1C(=O)CCCC(=O)[C@H](C(C)C)NC2C(=O)[C@@H](C)N2C(=O)[C@@H](C)NCCCN1C. The minimum atomic E-state index is -2.16. The number of aliphatic hydroxyl groups excluding tert-OH is 1. The second-order valence-electron chi connectivity index (χ2n) is 11.3. The van der Waals surface area contributed by atoms with Crippen molar-refractivity contribution in [3.63, 3.8) is 0 Å². The summed E-state index contributed by atoms with van der Waals surface area (Å²) in [5.74, 6) is -1.04. The average Bonchev–Trinajstić information content (AvgIpc) is 2.90. The molecule has 0 radical (unpaired) electrons. The molecule has 0 aromatic heterocycles. The zero-order chi connectivity index (χ0) is 31.8. The van der Waals surface area contributed by atoms with E-state index in [9.17, 15) is 24.3 Å². The van der Waals surface area contributed by atoms with Gasteiger partial charge in [0.15, 0.2) is 11.6 Å². The van der Waals surface area contributed by atoms with Crippen molar-refractivity contribution in [3.05, 3.63) is 24.3 Å². The summed E-state index contributed by atoms with van der Waals surface area (Å²) in [5.41, 5.74) is 0. The Hall–Kier alpha value is -2.20. The summed E-state index contributed by atoms with van der Waals surface area (Å²) in [7, 11) is 1.79. The van der Waals surface area contributed by atoms with Gasteiger partial charge in [-0.25, -0.2) is 0 Å². The number of carbonyl (C=O) groups excluding carboxylic acids is 4. The summed E-state index contributed by atoms with van der Waals surface area (Å²) in [6, 6.07) is -2.54. The van der Waals surface area contributed by atoms with E-state index in [0.717, 1.165) is 6.08 Å². The minimum Gasteiger partial charge on any atom is -0.391 e. The number of ketones is 3. The highest BCUT2D eigenvalue weighted by atomic mass is 16.3. The number of fused-ring (bicyclic) bond motifs is 1. The van der Waals surface area contributed by atoms with Gasteiger partial charge in [-0.3, -0.25) is 29.4 Å². The van der Waals surface area contributed by atoms with Gasteiger partial charge >= 0.3 is 0 Å². The third kappa shape index (κ3) is 8.64. The molecule has 0 aliphatic carbocycles. The van der Waals surface area contributed by atoms with E-state index in [1.165, 1.54) is 11.0 Å². The van der Waals surface area contributed by atoms with E-state index in [2.05, 4.69) is 10.6 Å². The first-order valence-corrected chi connectivity index (χ1v) is 14.2. The fourth-order valence-corrected chi connectivity index (χ4v) is 5.36. The maximum atomic E-state index is 13.5. The lowest BCUT2D eigenvalue weighted by atomic mass is 9.88. The molecule has 0 bridgehead atoms. The van der Waals surface area contributed by atoms with Gasteiger partial charge in [0.2, 0.25) is 5.91 Å². The van der Waals surface area contributed by atoms with Crippen molar-refractivity contribution >= 4 is 23.3 Å². The highest BCUT2D eigenvalue weighted by Crippen LogP contribution is 2.24. The molecule has 2 aliphatic heterocycles. The molecule has 39 heavy (non-hydrogen) atoms. The van der Waals surface area contributed by atoms with Gasteiger partial charge in [-0.05, 0) is 71.9 Å². The summed E-state index contributed by atoms with van der Waals surface area (Å²) < 4.78 is 21.7. The van der Waals surface area contributed by atoms with Crippen LogP contribution in [-0.2, 0) is 19.2 Å². The fourth-order valence-electron chi connectivity index (χ4n) is 5.36. The van der Waals surface area contributed by atoms with Crippen LogP contribution >= 0.6 is 0 Å². The molecular weight excluding hydrogens is 496 g/mol. The van der Waals surface area contributed by atoms with E-state index >= 15 is 0 Å². The summed E-state index contributed by atoms with van der Waals surface area (Å²) in [6.45, 7) is 7.85. The smallest absolute Gasteiger partial charge is 0.241 e. The molecule has 2 rings (SSSR count). The molecule has 0 saturated carbocycles. The van der Waals surface area contributed by atoms with Crippen molar-refractivity contribution in [1.29, 1.82) is 0 Å². The lowest BCUT2D eigenvalue weighted by Gasteiger charge is -2.48. The second-order valence-corrected chi connectivity index (χ2v) is 11.3. The number of likely N-dealkylation sites (N-methyl/N-ethyl adjacent to an activating group) is 1. The van der Waals surface area contributed by atoms with Crippen molar-refractivity contribution < 1.29 is 28.4 Å². The highest BCUT2D eigenvalue weighted by Gasteiger charge is 2.49. The van der Waals surface area contributed by atoms with E-state index in [1.54, 1.807) is 33.0 Å². The highest BCUT2D eigenvalue weighted by molar-refractivity contribution is 6.03. The van der Waals surface area contributed by atoms with E-state index in [-0.39, 0.29) is 47.9 Å². The van der Waals surface area contributed by atoms with Crippen LogP contribution in [0.1, 0.15) is 77.7 Å². The molecule has 1 unspecified atom stereocenters. The van der Waals surface area contributed by atoms with Gasteiger partial charge in [0, 0.05) is 17.0 Å². The number of rotatable bonds is 6. The molecule has 9 heteroatoms. The van der Waals surface area contributed by atoms with Crippen LogP contribution in [0.5, 0.6) is 0 Å². The quantitative estimate of drug-likeness (QED) is 0.432. The number of carbonyl (C=O) groups is 4. The monoisotopic (exact) mass is 549 g/mol. The van der Waals surface area contributed by atoms with E-state index in [4.69, 9.17) is 4.11 Å². The lowest BCUT2D eigenvalue weighted by molar-refractivity contribution is -0.162. The zero-order valence-corrected chi connectivity index (χ0v) is 24.4. The largest absolute Gasteiger partial charge is 0.391 e. The molecule has 7 atom stereocenters.